The first-order chi connectivity index (χ1) is 10.1. The highest BCUT2D eigenvalue weighted by Crippen LogP contribution is 2.34. The van der Waals surface area contributed by atoms with E-state index in [-0.39, 0.29) is 27.1 Å². The van der Waals surface area contributed by atoms with Crippen LogP contribution in [0.15, 0.2) is 36.4 Å². The zero-order valence-corrected chi connectivity index (χ0v) is 12.4. The molecule has 0 atom stereocenters. The second-order valence-corrected chi connectivity index (χ2v) is 4.83. The van der Waals surface area contributed by atoms with Crippen molar-refractivity contribution >= 4 is 35.5 Å². The number of aldehydes is 1. The minimum Gasteiger partial charge on any atom is -0.494 e. The summed E-state index contributed by atoms with van der Waals surface area (Å²) >= 11 is 12.0. The third-order valence-corrected chi connectivity index (χ3v) is 3.31. The normalized spacial score (nSPS) is 10.0. The molecule has 0 aromatic heterocycles. The highest BCUT2D eigenvalue weighted by molar-refractivity contribution is 6.37. The summed E-state index contributed by atoms with van der Waals surface area (Å²) in [4.78, 5) is 22.8. The molecule has 0 aliphatic rings. The summed E-state index contributed by atoms with van der Waals surface area (Å²) in [6.07, 6.45) is 0.697. The first kappa shape index (κ1) is 15.4. The Kier molecular flexibility index (Phi) is 4.83. The summed E-state index contributed by atoms with van der Waals surface area (Å²) in [6.45, 7) is 0. The maximum absolute atomic E-state index is 12.2. The van der Waals surface area contributed by atoms with Gasteiger partial charge in [0.25, 0.3) is 0 Å². The van der Waals surface area contributed by atoms with E-state index in [4.69, 9.17) is 32.7 Å². The van der Waals surface area contributed by atoms with E-state index in [1.54, 1.807) is 0 Å². The Morgan fingerprint density at radius 3 is 2.24 bits per heavy atom. The van der Waals surface area contributed by atoms with Gasteiger partial charge < -0.3 is 9.47 Å². The molecule has 6 heteroatoms. The van der Waals surface area contributed by atoms with Crippen LogP contribution in [0.4, 0.5) is 0 Å². The van der Waals surface area contributed by atoms with E-state index < -0.39 is 5.97 Å². The van der Waals surface area contributed by atoms with E-state index in [2.05, 4.69) is 0 Å². The van der Waals surface area contributed by atoms with Crippen molar-refractivity contribution in [2.45, 2.75) is 0 Å². The quantitative estimate of drug-likeness (QED) is 0.484. The molecular formula is C15H10Cl2O4. The number of methoxy groups -OCH3 is 1. The van der Waals surface area contributed by atoms with Crippen molar-refractivity contribution in [3.05, 3.63) is 57.6 Å². The first-order valence-electron chi connectivity index (χ1n) is 5.86. The monoisotopic (exact) mass is 324 g/mol. The molecule has 2 aromatic carbocycles. The molecule has 0 spiro atoms. The van der Waals surface area contributed by atoms with Gasteiger partial charge in [-0.05, 0) is 36.4 Å². The van der Waals surface area contributed by atoms with E-state index in [0.29, 0.717) is 11.8 Å². The highest BCUT2D eigenvalue weighted by Gasteiger charge is 2.21. The van der Waals surface area contributed by atoms with Crippen molar-refractivity contribution in [2.24, 2.45) is 0 Å². The van der Waals surface area contributed by atoms with E-state index in [1.165, 1.54) is 43.5 Å². The number of benzene rings is 2. The Balaban J connectivity index is 2.31. The molecule has 108 valence electrons. The molecule has 0 saturated heterocycles. The van der Waals surface area contributed by atoms with Crippen molar-refractivity contribution in [1.82, 2.24) is 0 Å². The van der Waals surface area contributed by atoms with Gasteiger partial charge in [-0.3, -0.25) is 4.79 Å². The lowest BCUT2D eigenvalue weighted by Gasteiger charge is -2.11. The minimum absolute atomic E-state index is 0.0473. The van der Waals surface area contributed by atoms with Gasteiger partial charge in [-0.2, -0.15) is 0 Å². The maximum atomic E-state index is 12.2. The van der Waals surface area contributed by atoms with E-state index in [9.17, 15) is 9.59 Å². The van der Waals surface area contributed by atoms with Crippen molar-refractivity contribution in [1.29, 1.82) is 0 Å². The number of hydrogen-bond donors (Lipinski definition) is 0. The van der Waals surface area contributed by atoms with Crippen LogP contribution in [-0.4, -0.2) is 19.4 Å². The molecule has 2 aromatic rings. The Bertz CT molecular complexity index is 681. The molecule has 21 heavy (non-hydrogen) atoms. The average molecular weight is 325 g/mol. The number of esters is 1. The molecular weight excluding hydrogens is 315 g/mol. The molecule has 0 N–H and O–H groups in total. The summed E-state index contributed by atoms with van der Waals surface area (Å²) < 4.78 is 10.3. The fourth-order valence-electron chi connectivity index (χ4n) is 1.70. The molecule has 0 bridgehead atoms. The molecule has 0 fully saturated rings. The third-order valence-electron chi connectivity index (χ3n) is 2.69. The smallest absolute Gasteiger partial charge is 0.348 e. The molecule has 0 radical (unpaired) electrons. The standard InChI is InChI=1S/C15H10Cl2O4/c1-20-14-12(17)7-6-11(16)13(14)15(19)21-10-4-2-9(8-18)3-5-10/h2-8H,1H3. The van der Waals surface area contributed by atoms with Gasteiger partial charge in [0, 0.05) is 5.56 Å². The lowest BCUT2D eigenvalue weighted by Crippen LogP contribution is -2.11. The van der Waals surface area contributed by atoms with Gasteiger partial charge in [-0.25, -0.2) is 4.79 Å². The van der Waals surface area contributed by atoms with Crippen LogP contribution >= 0.6 is 23.2 Å². The summed E-state index contributed by atoms with van der Waals surface area (Å²) in [6, 6.07) is 9.09. The number of carbonyl (C=O) groups excluding carboxylic acids is 2. The van der Waals surface area contributed by atoms with Crippen LogP contribution in [0.2, 0.25) is 10.0 Å². The summed E-state index contributed by atoms with van der Waals surface area (Å²) in [7, 11) is 1.38. The Morgan fingerprint density at radius 2 is 1.67 bits per heavy atom. The number of ether oxygens (including phenoxy) is 2. The molecule has 0 heterocycles. The summed E-state index contributed by atoms with van der Waals surface area (Å²) in [5, 5.41) is 0.427. The number of rotatable bonds is 4. The second kappa shape index (κ2) is 6.61. The number of halogens is 2. The lowest BCUT2D eigenvalue weighted by atomic mass is 10.2. The molecule has 2 rings (SSSR count). The SMILES string of the molecule is COc1c(Cl)ccc(Cl)c1C(=O)Oc1ccc(C=O)cc1. The van der Waals surface area contributed by atoms with Crippen LogP contribution < -0.4 is 9.47 Å². The Morgan fingerprint density at radius 1 is 1.05 bits per heavy atom. The number of carbonyl (C=O) groups is 2. The van der Waals surface area contributed by atoms with Gasteiger partial charge in [0.1, 0.15) is 17.6 Å². The first-order valence-corrected chi connectivity index (χ1v) is 6.62. The Hall–Kier alpha value is -2.04. The zero-order valence-electron chi connectivity index (χ0n) is 10.9. The van der Waals surface area contributed by atoms with Crippen LogP contribution in [0.25, 0.3) is 0 Å². The third kappa shape index (κ3) is 3.35. The van der Waals surface area contributed by atoms with Crippen molar-refractivity contribution < 1.29 is 19.1 Å². The molecule has 0 aliphatic heterocycles. The van der Waals surface area contributed by atoms with Crippen molar-refractivity contribution in [2.75, 3.05) is 7.11 Å². The molecule has 4 nitrogen and oxygen atoms in total. The summed E-state index contributed by atoms with van der Waals surface area (Å²) in [5.41, 5.74) is 0.527. The van der Waals surface area contributed by atoms with Crippen LogP contribution in [0.3, 0.4) is 0 Å². The fraction of sp³-hybridized carbons (Fsp3) is 0.0667. The predicted octanol–water partition coefficient (Wildman–Crippen LogP) is 4.03. The van der Waals surface area contributed by atoms with Gasteiger partial charge in [-0.15, -0.1) is 0 Å². The van der Waals surface area contributed by atoms with Gasteiger partial charge in [0.2, 0.25) is 0 Å². The fourth-order valence-corrected chi connectivity index (χ4v) is 2.16. The number of hydrogen-bond acceptors (Lipinski definition) is 4. The van der Waals surface area contributed by atoms with Crippen LogP contribution in [0.5, 0.6) is 11.5 Å². The van der Waals surface area contributed by atoms with Crippen molar-refractivity contribution in [3.8, 4) is 11.5 Å². The highest BCUT2D eigenvalue weighted by atomic mass is 35.5. The zero-order chi connectivity index (χ0) is 15.4. The predicted molar refractivity (Wildman–Crippen MR) is 79.8 cm³/mol. The van der Waals surface area contributed by atoms with Gasteiger partial charge in [0.05, 0.1) is 17.2 Å². The van der Waals surface area contributed by atoms with Crippen molar-refractivity contribution in [3.63, 3.8) is 0 Å². The topological polar surface area (TPSA) is 52.6 Å². The van der Waals surface area contributed by atoms with Crippen LogP contribution in [-0.2, 0) is 0 Å². The molecule has 0 unspecified atom stereocenters. The molecule has 0 amide bonds. The van der Waals surface area contributed by atoms with Gasteiger partial charge >= 0.3 is 5.97 Å². The average Bonchev–Trinajstić information content (AvgIpc) is 2.49. The lowest BCUT2D eigenvalue weighted by molar-refractivity contribution is 0.0731. The molecule has 0 aliphatic carbocycles. The van der Waals surface area contributed by atoms with Gasteiger partial charge in [-0.1, -0.05) is 23.2 Å². The summed E-state index contributed by atoms with van der Waals surface area (Å²) in [5.74, 6) is -0.263. The molecule has 0 saturated carbocycles. The largest absolute Gasteiger partial charge is 0.494 e. The van der Waals surface area contributed by atoms with E-state index in [0.717, 1.165) is 0 Å². The van der Waals surface area contributed by atoms with E-state index >= 15 is 0 Å². The van der Waals surface area contributed by atoms with Crippen LogP contribution in [0.1, 0.15) is 20.7 Å². The van der Waals surface area contributed by atoms with Gasteiger partial charge in [0.15, 0.2) is 5.75 Å². The maximum Gasteiger partial charge on any atom is 0.348 e. The van der Waals surface area contributed by atoms with Crippen LogP contribution in [0, 0.1) is 0 Å². The van der Waals surface area contributed by atoms with E-state index in [1.807, 2.05) is 0 Å². The minimum atomic E-state index is -0.696. The Labute approximate surface area is 131 Å². The second-order valence-electron chi connectivity index (χ2n) is 4.01.